The van der Waals surface area contributed by atoms with Gasteiger partial charge in [-0.25, -0.2) is 4.99 Å². The maximum Gasteiger partial charge on any atom is 0.139 e. The van der Waals surface area contributed by atoms with Crippen LogP contribution in [0.25, 0.3) is 0 Å². The molecule has 2 heterocycles. The number of nitrogens with two attached hydrogens (primary N) is 1. The predicted molar refractivity (Wildman–Crippen MR) is 161 cm³/mol. The zero-order valence-electron chi connectivity index (χ0n) is 22.9. The van der Waals surface area contributed by atoms with Crippen LogP contribution >= 0.6 is 0 Å². The highest BCUT2D eigenvalue weighted by atomic mass is 16.3. The van der Waals surface area contributed by atoms with Crippen molar-refractivity contribution >= 4 is 28.5 Å². The molecule has 0 aromatic heterocycles. The lowest BCUT2D eigenvalue weighted by molar-refractivity contribution is 0.243. The second kappa shape index (κ2) is 12.5. The first-order valence-corrected chi connectivity index (χ1v) is 13.7. The van der Waals surface area contributed by atoms with Crippen LogP contribution in [0.15, 0.2) is 89.5 Å². The van der Waals surface area contributed by atoms with Gasteiger partial charge in [-0.2, -0.15) is 0 Å². The number of anilines is 3. The van der Waals surface area contributed by atoms with E-state index in [9.17, 15) is 15.3 Å². The monoisotopic (exact) mass is 545 g/mol. The van der Waals surface area contributed by atoms with E-state index < -0.39 is 6.04 Å². The fourth-order valence-corrected chi connectivity index (χ4v) is 5.32. The molecule has 212 valence electrons. The molecule has 2 aromatic carbocycles. The van der Waals surface area contributed by atoms with E-state index in [1.807, 2.05) is 41.3 Å². The molecule has 0 radical (unpaired) electrons. The van der Waals surface area contributed by atoms with Crippen LogP contribution in [0.5, 0.6) is 0 Å². The third-order valence-electron chi connectivity index (χ3n) is 7.51. The molecule has 0 saturated carbocycles. The molecule has 6 N–H and O–H groups in total. The molecule has 40 heavy (non-hydrogen) atoms. The van der Waals surface area contributed by atoms with Crippen molar-refractivity contribution in [3.05, 3.63) is 84.5 Å². The highest BCUT2D eigenvalue weighted by molar-refractivity contribution is 6.09. The predicted octanol–water partition coefficient (Wildman–Crippen LogP) is 2.58. The molecule has 2 unspecified atom stereocenters. The van der Waals surface area contributed by atoms with Crippen LogP contribution in [0.2, 0.25) is 0 Å². The molecular formula is C30H39N7O3. The van der Waals surface area contributed by atoms with E-state index in [1.54, 1.807) is 12.2 Å². The van der Waals surface area contributed by atoms with E-state index >= 15 is 0 Å². The quantitative estimate of drug-likeness (QED) is 0.306. The van der Waals surface area contributed by atoms with E-state index in [-0.39, 0.29) is 19.0 Å². The Labute approximate surface area is 235 Å². The summed E-state index contributed by atoms with van der Waals surface area (Å²) in [5.41, 5.74) is 11.1. The number of nitrogens with one attached hydrogen (secondary N) is 1. The summed E-state index contributed by atoms with van der Waals surface area (Å²) in [5.74, 6) is 0.0483. The van der Waals surface area contributed by atoms with Gasteiger partial charge in [0.2, 0.25) is 0 Å². The van der Waals surface area contributed by atoms with E-state index in [0.29, 0.717) is 30.5 Å². The Bertz CT molecular complexity index is 1270. The number of aliphatic hydroxyl groups is 3. The summed E-state index contributed by atoms with van der Waals surface area (Å²) >= 11 is 0. The largest absolute Gasteiger partial charge is 0.506 e. The Morgan fingerprint density at radius 1 is 1.02 bits per heavy atom. The summed E-state index contributed by atoms with van der Waals surface area (Å²) in [4.78, 5) is 13.6. The summed E-state index contributed by atoms with van der Waals surface area (Å²) in [5, 5.41) is 32.5. The number of aliphatic imine (C=N–C) groups is 1. The van der Waals surface area contributed by atoms with Crippen molar-refractivity contribution in [3.63, 3.8) is 0 Å². The van der Waals surface area contributed by atoms with Crippen molar-refractivity contribution in [2.24, 2.45) is 10.7 Å². The Morgan fingerprint density at radius 3 is 2.40 bits per heavy atom. The van der Waals surface area contributed by atoms with Crippen molar-refractivity contribution in [2.45, 2.75) is 18.5 Å². The number of aliphatic hydroxyl groups excluding tert-OH is 3. The second-order valence-electron chi connectivity index (χ2n) is 10.4. The summed E-state index contributed by atoms with van der Waals surface area (Å²) in [6.07, 6.45) is 8.80. The topological polar surface area (TPSA) is 124 Å². The number of allylic oxidation sites excluding steroid dienone is 1. The molecule has 1 saturated heterocycles. The van der Waals surface area contributed by atoms with E-state index in [1.165, 1.54) is 5.69 Å². The van der Waals surface area contributed by atoms with E-state index in [2.05, 4.69) is 56.6 Å². The minimum Gasteiger partial charge on any atom is -0.506 e. The molecule has 10 heteroatoms. The molecule has 3 aliphatic rings. The molecular weight excluding hydrogens is 506 g/mol. The summed E-state index contributed by atoms with van der Waals surface area (Å²) in [7, 11) is 2.09. The molecule has 1 fully saturated rings. The smallest absolute Gasteiger partial charge is 0.139 e. The molecule has 2 aliphatic heterocycles. The van der Waals surface area contributed by atoms with Gasteiger partial charge in [-0.3, -0.25) is 0 Å². The summed E-state index contributed by atoms with van der Waals surface area (Å²) < 4.78 is 0. The van der Waals surface area contributed by atoms with Crippen LogP contribution in [0.3, 0.4) is 0 Å². The minimum atomic E-state index is -0.505. The normalized spacial score (nSPS) is 21.7. The van der Waals surface area contributed by atoms with Gasteiger partial charge in [0.1, 0.15) is 11.5 Å². The van der Waals surface area contributed by atoms with Gasteiger partial charge in [-0.05, 0) is 67.1 Å². The molecule has 0 spiro atoms. The Balaban J connectivity index is 1.25. The van der Waals surface area contributed by atoms with Crippen molar-refractivity contribution in [1.82, 2.24) is 9.80 Å². The fourth-order valence-electron chi connectivity index (χ4n) is 5.32. The molecule has 2 aromatic rings. The molecule has 1 aliphatic carbocycles. The number of benzene rings is 2. The maximum absolute atomic E-state index is 10.6. The van der Waals surface area contributed by atoms with Gasteiger partial charge < -0.3 is 46.0 Å². The maximum atomic E-state index is 10.6. The zero-order chi connectivity index (χ0) is 28.1. The zero-order valence-corrected chi connectivity index (χ0v) is 22.9. The lowest BCUT2D eigenvalue weighted by Crippen LogP contribution is -2.35. The highest BCUT2D eigenvalue weighted by Crippen LogP contribution is 2.28. The Morgan fingerprint density at radius 2 is 1.75 bits per heavy atom. The van der Waals surface area contributed by atoms with Gasteiger partial charge in [-0.15, -0.1) is 0 Å². The number of rotatable bonds is 10. The lowest BCUT2D eigenvalue weighted by Gasteiger charge is -2.26. The van der Waals surface area contributed by atoms with Crippen LogP contribution < -0.4 is 20.9 Å². The Kier molecular flexibility index (Phi) is 8.59. The molecule has 0 amide bonds. The van der Waals surface area contributed by atoms with Gasteiger partial charge in [0.25, 0.3) is 0 Å². The molecule has 0 bridgehead atoms. The van der Waals surface area contributed by atoms with Crippen LogP contribution in [0, 0.1) is 0 Å². The van der Waals surface area contributed by atoms with E-state index in [0.717, 1.165) is 43.2 Å². The minimum absolute atomic E-state index is 0.00961. The van der Waals surface area contributed by atoms with Crippen LogP contribution in [-0.4, -0.2) is 96.0 Å². The number of hydrogen-bond donors (Lipinski definition) is 5. The standard InChI is InChI=1S/C30H39N7O3/c1-34-12-13-37(21-34)26-10-11-36(20-26)25-8-4-23(5-9-25)33-29-19-28(27(31)18-30(29)40)32-22-2-6-24(7-3-22)35(14-16-38)15-17-39/h2-9,12-13,18-19,26-27,32,38-40H,10-11,14-17,20-21,31H2,1H3. The third-order valence-corrected chi connectivity index (χ3v) is 7.51. The SMILES string of the molecule is CN1C=CN(C2CCN(c3ccc(N=C4C=C(Nc5ccc(N(CCO)CCO)cc5)C(N)C=C4O)cc3)C2)C1. The lowest BCUT2D eigenvalue weighted by atomic mass is 10.0. The van der Waals surface area contributed by atoms with Gasteiger partial charge in [0, 0.05) is 74.4 Å². The number of hydrogen-bond acceptors (Lipinski definition) is 10. The third kappa shape index (κ3) is 6.41. The average molecular weight is 546 g/mol. The first-order chi connectivity index (χ1) is 19.4. The summed E-state index contributed by atoms with van der Waals surface area (Å²) in [6, 6.07) is 15.8. The first-order valence-electron chi connectivity index (χ1n) is 13.7. The van der Waals surface area contributed by atoms with Crippen LogP contribution in [0.4, 0.5) is 22.7 Å². The van der Waals surface area contributed by atoms with Gasteiger partial charge in [-0.1, -0.05) is 0 Å². The molecule has 2 atom stereocenters. The van der Waals surface area contributed by atoms with Gasteiger partial charge in [0.15, 0.2) is 0 Å². The summed E-state index contributed by atoms with van der Waals surface area (Å²) in [6.45, 7) is 3.87. The second-order valence-corrected chi connectivity index (χ2v) is 10.4. The van der Waals surface area contributed by atoms with Gasteiger partial charge in [0.05, 0.1) is 31.6 Å². The van der Waals surface area contributed by atoms with E-state index in [4.69, 9.17) is 5.73 Å². The highest BCUT2D eigenvalue weighted by Gasteiger charge is 2.28. The van der Waals surface area contributed by atoms with Crippen molar-refractivity contribution < 1.29 is 15.3 Å². The Hall–Kier alpha value is -3.99. The van der Waals surface area contributed by atoms with Crippen molar-refractivity contribution in [3.8, 4) is 0 Å². The average Bonchev–Trinajstić information content (AvgIpc) is 3.62. The van der Waals surface area contributed by atoms with Crippen LogP contribution in [0.1, 0.15) is 6.42 Å². The molecule has 5 rings (SSSR count). The van der Waals surface area contributed by atoms with Crippen LogP contribution in [-0.2, 0) is 0 Å². The van der Waals surface area contributed by atoms with Crippen molar-refractivity contribution in [2.75, 3.05) is 68.2 Å². The number of nitrogens with zero attached hydrogens (tertiary/aromatic N) is 5. The van der Waals surface area contributed by atoms with Gasteiger partial charge >= 0.3 is 0 Å². The van der Waals surface area contributed by atoms with Crippen molar-refractivity contribution in [1.29, 1.82) is 0 Å². The fraction of sp³-hybridized carbons (Fsp3) is 0.367. The first kappa shape index (κ1) is 27.6. The molecule has 10 nitrogen and oxygen atoms in total.